The number of nitrogens with zero attached hydrogens (tertiary/aromatic N) is 2. The minimum absolute atomic E-state index is 0.191. The van der Waals surface area contributed by atoms with E-state index in [-0.39, 0.29) is 5.91 Å². The lowest BCUT2D eigenvalue weighted by Gasteiger charge is -2.16. The fourth-order valence-electron chi connectivity index (χ4n) is 2.62. The van der Waals surface area contributed by atoms with Crippen molar-refractivity contribution in [1.29, 1.82) is 0 Å². The lowest BCUT2D eigenvalue weighted by Crippen LogP contribution is -2.29. The highest BCUT2D eigenvalue weighted by Gasteiger charge is 2.09. The van der Waals surface area contributed by atoms with E-state index in [4.69, 9.17) is 0 Å². The van der Waals surface area contributed by atoms with Gasteiger partial charge in [-0.1, -0.05) is 33.8 Å². The van der Waals surface area contributed by atoms with E-state index in [1.807, 2.05) is 90.7 Å². The zero-order valence-electron chi connectivity index (χ0n) is 20.3. The number of hydrogen-bond acceptors (Lipinski definition) is 5. The molecule has 2 aromatic rings. The lowest BCUT2D eigenvalue weighted by molar-refractivity contribution is -0.129. The quantitative estimate of drug-likeness (QED) is 0.327. The van der Waals surface area contributed by atoms with Gasteiger partial charge in [-0.3, -0.25) is 9.78 Å². The van der Waals surface area contributed by atoms with Crippen LogP contribution in [0, 0.1) is 13.8 Å². The molecule has 6 heteroatoms. The summed E-state index contributed by atoms with van der Waals surface area (Å²) in [5.41, 5.74) is 2.86. The van der Waals surface area contributed by atoms with Crippen molar-refractivity contribution in [3.63, 3.8) is 0 Å². The third kappa shape index (κ3) is 12.1. The number of benzene rings is 1. The van der Waals surface area contributed by atoms with Gasteiger partial charge >= 0.3 is 0 Å². The molecule has 0 spiro atoms. The largest absolute Gasteiger partial charge is 0.507 e. The van der Waals surface area contributed by atoms with Gasteiger partial charge in [-0.05, 0) is 49.2 Å². The highest BCUT2D eigenvalue weighted by Crippen LogP contribution is 2.28. The van der Waals surface area contributed by atoms with E-state index >= 15 is 0 Å². The van der Waals surface area contributed by atoms with Gasteiger partial charge in [-0.2, -0.15) is 11.8 Å². The molecule has 0 aliphatic heterocycles. The molecule has 0 saturated carbocycles. The van der Waals surface area contributed by atoms with E-state index in [1.165, 1.54) is 4.90 Å². The van der Waals surface area contributed by atoms with Crippen molar-refractivity contribution in [1.82, 2.24) is 9.88 Å². The predicted molar refractivity (Wildman–Crippen MR) is 139 cm³/mol. The summed E-state index contributed by atoms with van der Waals surface area (Å²) < 4.78 is 0. The molecule has 1 heterocycles. The summed E-state index contributed by atoms with van der Waals surface area (Å²) in [5, 5.41) is 9.82. The minimum atomic E-state index is 0.191. The molecule has 2 rings (SSSR count). The maximum absolute atomic E-state index is 12.2. The van der Waals surface area contributed by atoms with E-state index in [0.29, 0.717) is 18.7 Å². The number of rotatable bonds is 10. The van der Waals surface area contributed by atoms with Gasteiger partial charge in [0.2, 0.25) is 5.91 Å². The molecule has 0 aliphatic carbocycles. The molecule has 0 fully saturated rings. The third-order valence-corrected chi connectivity index (χ3v) is 6.50. The zero-order chi connectivity index (χ0) is 23.6. The second-order valence-electron chi connectivity index (χ2n) is 6.50. The van der Waals surface area contributed by atoms with Crippen LogP contribution in [0.5, 0.6) is 5.75 Å². The molecular formula is C25H40N2O2S2. The van der Waals surface area contributed by atoms with Gasteiger partial charge in [0.1, 0.15) is 5.75 Å². The summed E-state index contributed by atoms with van der Waals surface area (Å²) in [5.74, 6) is 3.43. The molecular weight excluding hydrogens is 424 g/mol. The van der Waals surface area contributed by atoms with Crippen LogP contribution in [0.2, 0.25) is 0 Å². The van der Waals surface area contributed by atoms with Gasteiger partial charge in [-0.25, -0.2) is 0 Å². The van der Waals surface area contributed by atoms with Crippen LogP contribution in [0.3, 0.4) is 0 Å². The number of phenols is 1. The van der Waals surface area contributed by atoms with Gasteiger partial charge in [-0.15, -0.1) is 11.8 Å². The normalized spacial score (nSPS) is 9.77. The molecule has 1 aromatic carbocycles. The van der Waals surface area contributed by atoms with Crippen LogP contribution in [0.1, 0.15) is 50.9 Å². The Balaban J connectivity index is 0.00000212. The smallest absolute Gasteiger partial charge is 0.223 e. The van der Waals surface area contributed by atoms with Crippen LogP contribution in [0.4, 0.5) is 0 Å². The number of hydrogen-bond donors (Lipinski definition) is 1. The van der Waals surface area contributed by atoms with Crippen molar-refractivity contribution in [3.8, 4) is 5.75 Å². The summed E-state index contributed by atoms with van der Waals surface area (Å²) in [6, 6.07) is 9.91. The fraction of sp³-hybridized carbons (Fsp3) is 0.520. The molecule has 4 nitrogen and oxygen atoms in total. The summed E-state index contributed by atoms with van der Waals surface area (Å²) in [4.78, 5) is 19.5. The third-order valence-electron chi connectivity index (χ3n) is 4.28. The minimum Gasteiger partial charge on any atom is -0.507 e. The molecule has 1 N–H and O–H groups in total. The van der Waals surface area contributed by atoms with Crippen molar-refractivity contribution in [3.05, 3.63) is 53.3 Å². The average molecular weight is 465 g/mol. The van der Waals surface area contributed by atoms with Crippen LogP contribution in [0.25, 0.3) is 0 Å². The van der Waals surface area contributed by atoms with Crippen molar-refractivity contribution >= 4 is 29.4 Å². The highest BCUT2D eigenvalue weighted by molar-refractivity contribution is 8.02. The average Bonchev–Trinajstić information content (AvgIpc) is 2.81. The summed E-state index contributed by atoms with van der Waals surface area (Å²) in [6.07, 6.45) is 3.15. The van der Waals surface area contributed by atoms with Crippen molar-refractivity contribution in [2.75, 3.05) is 30.9 Å². The maximum atomic E-state index is 12.2. The first-order valence-electron chi connectivity index (χ1n) is 11.1. The number of thioether (sulfide) groups is 2. The summed E-state index contributed by atoms with van der Waals surface area (Å²) >= 11 is 3.61. The van der Waals surface area contributed by atoms with E-state index in [2.05, 4.69) is 4.98 Å². The molecule has 0 saturated heterocycles. The van der Waals surface area contributed by atoms with Gasteiger partial charge < -0.3 is 10.0 Å². The number of aromatic nitrogens is 1. The number of carbonyl (C=O) groups is 1. The summed E-state index contributed by atoms with van der Waals surface area (Å²) in [7, 11) is 1.86. The Bertz CT molecular complexity index is 717. The van der Waals surface area contributed by atoms with Gasteiger partial charge in [0, 0.05) is 60.5 Å². The van der Waals surface area contributed by atoms with Crippen molar-refractivity contribution < 1.29 is 9.90 Å². The van der Waals surface area contributed by atoms with Crippen LogP contribution >= 0.6 is 23.5 Å². The van der Waals surface area contributed by atoms with Gasteiger partial charge in [0.15, 0.2) is 0 Å². The SMILES string of the molecule is CC.CC.Cc1cc(SCCSCCC(=O)N(C)CCc2ccccn2)cc(C)c1O. The number of likely N-dealkylation sites (N-methyl/N-ethyl adjacent to an activating group) is 1. The summed E-state index contributed by atoms with van der Waals surface area (Å²) in [6.45, 7) is 12.6. The molecule has 0 radical (unpaired) electrons. The molecule has 1 amide bonds. The molecule has 31 heavy (non-hydrogen) atoms. The second-order valence-corrected chi connectivity index (χ2v) is 8.90. The molecule has 174 valence electrons. The standard InChI is InChI=1S/C21H28N2O2S2.2C2H6/c1-16-14-19(15-17(2)21(16)25)27-13-12-26-11-8-20(24)23(3)10-7-18-6-4-5-9-22-18;2*1-2/h4-6,9,14-15,25H,7-8,10-13H2,1-3H3;2*1-2H3. The number of amides is 1. The van der Waals surface area contributed by atoms with Crippen molar-refractivity contribution in [2.45, 2.75) is 59.3 Å². The molecule has 0 bridgehead atoms. The monoisotopic (exact) mass is 464 g/mol. The zero-order valence-corrected chi connectivity index (χ0v) is 21.9. The first kappa shape index (κ1) is 29.3. The number of phenolic OH excluding ortho intramolecular Hbond substituents is 1. The second kappa shape index (κ2) is 18.0. The Morgan fingerprint density at radius 2 is 1.68 bits per heavy atom. The number of aryl methyl sites for hydroxylation is 2. The van der Waals surface area contributed by atoms with Crippen LogP contribution in [-0.2, 0) is 11.2 Å². The van der Waals surface area contributed by atoms with Gasteiger partial charge in [0.25, 0.3) is 0 Å². The van der Waals surface area contributed by atoms with E-state index in [0.717, 1.165) is 40.5 Å². The van der Waals surface area contributed by atoms with Crippen LogP contribution < -0.4 is 0 Å². The maximum Gasteiger partial charge on any atom is 0.223 e. The van der Waals surface area contributed by atoms with Crippen LogP contribution in [-0.4, -0.2) is 51.7 Å². The Hall–Kier alpha value is -1.66. The number of pyridine rings is 1. The lowest BCUT2D eigenvalue weighted by atomic mass is 10.1. The molecule has 0 atom stereocenters. The number of carbonyl (C=O) groups excluding carboxylic acids is 1. The number of aromatic hydroxyl groups is 1. The van der Waals surface area contributed by atoms with Crippen LogP contribution in [0.15, 0.2) is 41.4 Å². The molecule has 0 aliphatic rings. The highest BCUT2D eigenvalue weighted by atomic mass is 32.2. The van der Waals surface area contributed by atoms with E-state index < -0.39 is 0 Å². The van der Waals surface area contributed by atoms with Crippen molar-refractivity contribution in [2.24, 2.45) is 0 Å². The Kier molecular flexibility index (Phi) is 17.0. The Labute approximate surface area is 198 Å². The molecule has 0 unspecified atom stereocenters. The Morgan fingerprint density at radius 1 is 1.03 bits per heavy atom. The predicted octanol–water partition coefficient (Wildman–Crippen LogP) is 6.37. The first-order chi connectivity index (χ1) is 15.0. The van der Waals surface area contributed by atoms with E-state index in [1.54, 1.807) is 22.9 Å². The van der Waals surface area contributed by atoms with E-state index in [9.17, 15) is 9.90 Å². The first-order valence-corrected chi connectivity index (χ1v) is 13.3. The fourth-order valence-corrected chi connectivity index (χ4v) is 4.71. The molecule has 1 aromatic heterocycles. The topological polar surface area (TPSA) is 53.4 Å². The van der Waals surface area contributed by atoms with Gasteiger partial charge in [0.05, 0.1) is 0 Å². The Morgan fingerprint density at radius 3 is 2.26 bits per heavy atom.